The van der Waals surface area contributed by atoms with Crippen molar-refractivity contribution in [3.8, 4) is 11.1 Å². The SMILES string of the molecule is C=C(C(=O)OC)[C@@H](O)[C@@H](CC(C)C)NC(=O)OCC1c2ccccc2-c2ccccc21. The number of carbonyl (C=O) groups is 2. The van der Waals surface area contributed by atoms with E-state index in [1.807, 2.05) is 50.2 Å². The van der Waals surface area contributed by atoms with Crippen LogP contribution in [0.5, 0.6) is 0 Å². The molecular weight excluding hydrogens is 394 g/mol. The molecule has 2 atom stereocenters. The lowest BCUT2D eigenvalue weighted by atomic mass is 9.95. The van der Waals surface area contributed by atoms with Crippen molar-refractivity contribution in [2.75, 3.05) is 13.7 Å². The molecule has 0 aliphatic heterocycles. The number of rotatable bonds is 8. The summed E-state index contributed by atoms with van der Waals surface area (Å²) in [7, 11) is 1.22. The number of alkyl carbamates (subject to hydrolysis) is 1. The Morgan fingerprint density at radius 1 is 1.06 bits per heavy atom. The molecule has 0 heterocycles. The van der Waals surface area contributed by atoms with Gasteiger partial charge in [0.15, 0.2) is 0 Å². The van der Waals surface area contributed by atoms with Gasteiger partial charge in [-0.25, -0.2) is 9.59 Å². The second-order valence-electron chi connectivity index (χ2n) is 8.17. The Hall–Kier alpha value is -3.12. The Morgan fingerprint density at radius 3 is 2.13 bits per heavy atom. The number of esters is 1. The molecule has 31 heavy (non-hydrogen) atoms. The first-order valence-corrected chi connectivity index (χ1v) is 10.4. The Morgan fingerprint density at radius 2 is 1.61 bits per heavy atom. The molecule has 1 aliphatic carbocycles. The lowest BCUT2D eigenvalue weighted by molar-refractivity contribution is -0.137. The first-order chi connectivity index (χ1) is 14.8. The van der Waals surface area contributed by atoms with Gasteiger partial charge in [0.1, 0.15) is 12.7 Å². The van der Waals surface area contributed by atoms with Crippen LogP contribution in [0.2, 0.25) is 0 Å². The normalized spacial score (nSPS) is 14.4. The van der Waals surface area contributed by atoms with E-state index in [1.54, 1.807) is 0 Å². The summed E-state index contributed by atoms with van der Waals surface area (Å²) in [5.41, 5.74) is 4.43. The van der Waals surface area contributed by atoms with E-state index in [9.17, 15) is 14.7 Å². The number of aliphatic hydroxyl groups is 1. The number of carbonyl (C=O) groups excluding carboxylic acids is 2. The molecule has 0 bridgehead atoms. The topological polar surface area (TPSA) is 84.9 Å². The third-order valence-corrected chi connectivity index (χ3v) is 5.56. The van der Waals surface area contributed by atoms with Gasteiger partial charge in [-0.1, -0.05) is 69.0 Å². The number of methoxy groups -OCH3 is 1. The number of hydrogen-bond acceptors (Lipinski definition) is 5. The Kier molecular flexibility index (Phi) is 7.13. The fraction of sp³-hybridized carbons (Fsp3) is 0.360. The first kappa shape index (κ1) is 22.6. The quantitative estimate of drug-likeness (QED) is 0.495. The van der Waals surface area contributed by atoms with Gasteiger partial charge in [0.05, 0.1) is 18.7 Å². The largest absolute Gasteiger partial charge is 0.466 e. The Balaban J connectivity index is 1.69. The van der Waals surface area contributed by atoms with Crippen molar-refractivity contribution in [3.05, 3.63) is 71.8 Å². The smallest absolute Gasteiger partial charge is 0.407 e. The van der Waals surface area contributed by atoms with Crippen LogP contribution in [0.25, 0.3) is 11.1 Å². The summed E-state index contributed by atoms with van der Waals surface area (Å²) in [6.07, 6.45) is -1.47. The third-order valence-electron chi connectivity index (χ3n) is 5.56. The maximum Gasteiger partial charge on any atom is 0.407 e. The van der Waals surface area contributed by atoms with Crippen molar-refractivity contribution in [2.45, 2.75) is 38.3 Å². The van der Waals surface area contributed by atoms with Crippen LogP contribution in [0.15, 0.2) is 60.7 Å². The van der Waals surface area contributed by atoms with E-state index in [4.69, 9.17) is 4.74 Å². The molecule has 0 spiro atoms. The van der Waals surface area contributed by atoms with E-state index in [-0.39, 0.29) is 24.0 Å². The minimum atomic E-state index is -1.27. The van der Waals surface area contributed by atoms with Crippen molar-refractivity contribution >= 4 is 12.1 Å². The molecule has 0 radical (unpaired) electrons. The second kappa shape index (κ2) is 9.79. The zero-order chi connectivity index (χ0) is 22.5. The Bertz CT molecular complexity index is 922. The van der Waals surface area contributed by atoms with Gasteiger partial charge in [-0.15, -0.1) is 0 Å². The van der Waals surface area contributed by atoms with Gasteiger partial charge in [0.25, 0.3) is 0 Å². The van der Waals surface area contributed by atoms with E-state index in [0.717, 1.165) is 22.3 Å². The summed E-state index contributed by atoms with van der Waals surface area (Å²) < 4.78 is 10.2. The highest BCUT2D eigenvalue weighted by atomic mass is 16.5. The molecule has 1 amide bonds. The second-order valence-corrected chi connectivity index (χ2v) is 8.17. The molecule has 0 unspecified atom stereocenters. The predicted molar refractivity (Wildman–Crippen MR) is 119 cm³/mol. The first-order valence-electron chi connectivity index (χ1n) is 10.4. The third kappa shape index (κ3) is 4.97. The monoisotopic (exact) mass is 423 g/mol. The van der Waals surface area contributed by atoms with Gasteiger partial charge < -0.3 is 19.9 Å². The summed E-state index contributed by atoms with van der Waals surface area (Å²) in [5, 5.41) is 13.2. The number of fused-ring (bicyclic) bond motifs is 3. The molecule has 6 nitrogen and oxygen atoms in total. The fourth-order valence-corrected chi connectivity index (χ4v) is 4.06. The van der Waals surface area contributed by atoms with Gasteiger partial charge in [-0.3, -0.25) is 0 Å². The van der Waals surface area contributed by atoms with Crippen molar-refractivity contribution in [1.29, 1.82) is 0 Å². The van der Waals surface area contributed by atoms with Gasteiger partial charge in [-0.2, -0.15) is 0 Å². The van der Waals surface area contributed by atoms with E-state index in [2.05, 4.69) is 28.8 Å². The molecule has 6 heteroatoms. The highest BCUT2D eigenvalue weighted by Crippen LogP contribution is 2.44. The number of ether oxygens (including phenoxy) is 2. The van der Waals surface area contributed by atoms with Gasteiger partial charge in [-0.05, 0) is 34.6 Å². The van der Waals surface area contributed by atoms with Crippen LogP contribution in [0.3, 0.4) is 0 Å². The van der Waals surface area contributed by atoms with E-state index < -0.39 is 24.2 Å². The molecule has 2 aromatic rings. The maximum atomic E-state index is 12.6. The molecule has 164 valence electrons. The highest BCUT2D eigenvalue weighted by Gasteiger charge is 2.31. The van der Waals surface area contributed by atoms with Crippen molar-refractivity contribution in [1.82, 2.24) is 5.32 Å². The van der Waals surface area contributed by atoms with E-state index in [1.165, 1.54) is 7.11 Å². The van der Waals surface area contributed by atoms with Crippen LogP contribution in [0.1, 0.15) is 37.3 Å². The van der Waals surface area contributed by atoms with E-state index >= 15 is 0 Å². The maximum absolute atomic E-state index is 12.6. The van der Waals surface area contributed by atoms with Crippen LogP contribution in [-0.2, 0) is 14.3 Å². The van der Waals surface area contributed by atoms with Gasteiger partial charge in [0, 0.05) is 5.92 Å². The number of amides is 1. The summed E-state index contributed by atoms with van der Waals surface area (Å²) in [6, 6.07) is 15.5. The molecule has 0 aromatic heterocycles. The molecular formula is C25H29NO5. The number of nitrogens with one attached hydrogen (secondary N) is 1. The minimum absolute atomic E-state index is 0.0587. The van der Waals surface area contributed by atoms with Crippen LogP contribution >= 0.6 is 0 Å². The molecule has 0 saturated heterocycles. The van der Waals surface area contributed by atoms with Crippen LogP contribution in [-0.4, -0.2) is 43.0 Å². The van der Waals surface area contributed by atoms with Crippen LogP contribution in [0, 0.1) is 5.92 Å². The lowest BCUT2D eigenvalue weighted by Crippen LogP contribution is -2.46. The molecule has 3 rings (SSSR count). The average molecular weight is 424 g/mol. The molecule has 0 fully saturated rings. The number of hydrogen-bond donors (Lipinski definition) is 2. The summed E-state index contributed by atoms with van der Waals surface area (Å²) in [6.45, 7) is 7.69. The molecule has 1 aliphatic rings. The van der Waals surface area contributed by atoms with Crippen molar-refractivity contribution in [3.63, 3.8) is 0 Å². The standard InChI is InChI=1S/C25H29NO5/c1-15(2)13-22(23(27)16(3)24(28)30-4)26-25(29)31-14-21-19-11-7-5-9-17(19)18-10-6-8-12-20(18)21/h5-12,15,21-23,27H,3,13-14H2,1-2,4H3,(H,26,29)/t22-,23-/m1/s1. The van der Waals surface area contributed by atoms with Crippen molar-refractivity contribution < 1.29 is 24.2 Å². The van der Waals surface area contributed by atoms with Crippen LogP contribution < -0.4 is 5.32 Å². The van der Waals surface area contributed by atoms with Crippen LogP contribution in [0.4, 0.5) is 4.79 Å². The van der Waals surface area contributed by atoms with Crippen molar-refractivity contribution in [2.24, 2.45) is 5.92 Å². The zero-order valence-corrected chi connectivity index (χ0v) is 18.1. The van der Waals surface area contributed by atoms with Gasteiger partial charge in [0.2, 0.25) is 0 Å². The predicted octanol–water partition coefficient (Wildman–Crippen LogP) is 4.03. The molecule has 2 aromatic carbocycles. The van der Waals surface area contributed by atoms with Gasteiger partial charge >= 0.3 is 12.1 Å². The number of aliphatic hydroxyl groups excluding tert-OH is 1. The minimum Gasteiger partial charge on any atom is -0.466 e. The fourth-order valence-electron chi connectivity index (χ4n) is 4.06. The lowest BCUT2D eigenvalue weighted by Gasteiger charge is -2.26. The summed E-state index contributed by atoms with van der Waals surface area (Å²) >= 11 is 0. The number of benzene rings is 2. The summed E-state index contributed by atoms with van der Waals surface area (Å²) in [4.78, 5) is 24.3. The molecule has 0 saturated carbocycles. The Labute approximate surface area is 182 Å². The molecule has 2 N–H and O–H groups in total. The van der Waals surface area contributed by atoms with E-state index in [0.29, 0.717) is 6.42 Å². The zero-order valence-electron chi connectivity index (χ0n) is 18.1. The summed E-state index contributed by atoms with van der Waals surface area (Å²) in [5.74, 6) is -0.605. The average Bonchev–Trinajstić information content (AvgIpc) is 3.09. The highest BCUT2D eigenvalue weighted by molar-refractivity contribution is 5.89.